The molecule has 1 saturated carbocycles. The smallest absolute Gasteiger partial charge is 0.328 e. The summed E-state index contributed by atoms with van der Waals surface area (Å²) in [5, 5.41) is 25.5. The molecule has 4 atom stereocenters. The summed E-state index contributed by atoms with van der Waals surface area (Å²) in [6.07, 6.45) is 8.40. The normalized spacial score (nSPS) is 21.8. The molecule has 6 rings (SSSR count). The van der Waals surface area contributed by atoms with E-state index in [1.807, 2.05) is 6.07 Å². The first-order chi connectivity index (χ1) is 22.0. The van der Waals surface area contributed by atoms with Crippen molar-refractivity contribution in [3.8, 4) is 11.8 Å². The van der Waals surface area contributed by atoms with Gasteiger partial charge in [-0.2, -0.15) is 5.26 Å². The molecule has 242 valence electrons. The number of hydrogen-bond acceptors (Lipinski definition) is 8. The van der Waals surface area contributed by atoms with Crippen LogP contribution in [-0.2, 0) is 39.5 Å². The van der Waals surface area contributed by atoms with E-state index in [-0.39, 0.29) is 18.2 Å². The van der Waals surface area contributed by atoms with Crippen LogP contribution in [0.4, 0.5) is 0 Å². The van der Waals surface area contributed by atoms with E-state index >= 15 is 0 Å². The number of aromatic nitrogens is 2. The molecule has 0 bridgehead atoms. The molecule has 12 nitrogen and oxygen atoms in total. The minimum Gasteiger partial charge on any atom is -0.491 e. The molecule has 0 spiro atoms. The second-order valence-electron chi connectivity index (χ2n) is 11.9. The van der Waals surface area contributed by atoms with E-state index in [9.17, 15) is 23.3 Å². The van der Waals surface area contributed by atoms with Crippen LogP contribution in [0.3, 0.4) is 0 Å². The van der Waals surface area contributed by atoms with Crippen molar-refractivity contribution < 1.29 is 33.0 Å². The molecule has 46 heavy (non-hydrogen) atoms. The number of nitrogens with one attached hydrogen (secondary N) is 1. The first-order valence-corrected chi connectivity index (χ1v) is 16.6. The highest BCUT2D eigenvalue weighted by atomic mass is 32.2. The van der Waals surface area contributed by atoms with Gasteiger partial charge in [-0.1, -0.05) is 30.3 Å². The van der Waals surface area contributed by atoms with Crippen molar-refractivity contribution in [2.75, 3.05) is 26.2 Å². The quantitative estimate of drug-likeness (QED) is 0.207. The van der Waals surface area contributed by atoms with Gasteiger partial charge in [-0.25, -0.2) is 27.7 Å². The Morgan fingerprint density at radius 3 is 2.43 bits per heavy atom. The molecule has 4 unspecified atom stereocenters. The summed E-state index contributed by atoms with van der Waals surface area (Å²) in [4.78, 5) is 25.7. The zero-order valence-corrected chi connectivity index (χ0v) is 26.3. The van der Waals surface area contributed by atoms with Gasteiger partial charge in [-0.05, 0) is 66.3 Å². The topological polar surface area (TPSA) is 175 Å². The predicted octanol–water partition coefficient (Wildman–Crippen LogP) is 2.95. The van der Waals surface area contributed by atoms with Crippen molar-refractivity contribution >= 4 is 22.0 Å². The van der Waals surface area contributed by atoms with Crippen LogP contribution in [0.25, 0.3) is 0 Å². The van der Waals surface area contributed by atoms with Crippen molar-refractivity contribution in [3.63, 3.8) is 0 Å². The van der Waals surface area contributed by atoms with Crippen LogP contribution in [0, 0.1) is 23.2 Å². The third-order valence-electron chi connectivity index (χ3n) is 8.69. The van der Waals surface area contributed by atoms with Gasteiger partial charge in [0, 0.05) is 57.0 Å². The predicted molar refractivity (Wildman–Crippen MR) is 168 cm³/mol. The van der Waals surface area contributed by atoms with Crippen LogP contribution in [0.15, 0.2) is 72.2 Å². The zero-order valence-electron chi connectivity index (χ0n) is 25.4. The number of carboxylic acids is 2. The fourth-order valence-electron chi connectivity index (χ4n) is 6.46. The molecular weight excluding hydrogens is 610 g/mol. The maximum Gasteiger partial charge on any atom is 0.328 e. The number of imidazole rings is 1. The number of piperidine rings is 1. The Balaban J connectivity index is 0.000000463. The molecule has 3 aromatic rings. The Kier molecular flexibility index (Phi) is 10.2. The first kappa shape index (κ1) is 32.9. The highest BCUT2D eigenvalue weighted by Gasteiger charge is 2.48. The summed E-state index contributed by atoms with van der Waals surface area (Å²) in [7, 11) is -2.00. The number of hydrogen-bond donors (Lipinski definition) is 3. The van der Waals surface area contributed by atoms with Crippen LogP contribution < -0.4 is 9.46 Å². The van der Waals surface area contributed by atoms with Gasteiger partial charge in [0.05, 0.1) is 11.9 Å². The largest absolute Gasteiger partial charge is 0.491 e. The molecule has 0 radical (unpaired) electrons. The maximum absolute atomic E-state index is 12.5. The number of nitrogens with zero attached hydrogens (tertiary/aromatic N) is 4. The van der Waals surface area contributed by atoms with Crippen molar-refractivity contribution in [1.29, 1.82) is 5.26 Å². The summed E-state index contributed by atoms with van der Waals surface area (Å²) in [5.74, 6) is 0.0782. The van der Waals surface area contributed by atoms with Crippen LogP contribution in [-0.4, -0.2) is 77.3 Å². The third-order valence-corrected chi connectivity index (χ3v) is 10.0. The van der Waals surface area contributed by atoms with E-state index in [0.29, 0.717) is 35.4 Å². The molecule has 0 amide bonds. The van der Waals surface area contributed by atoms with Gasteiger partial charge in [0.1, 0.15) is 18.4 Å². The molecule has 1 aliphatic heterocycles. The third kappa shape index (κ3) is 8.20. The van der Waals surface area contributed by atoms with E-state index in [0.717, 1.165) is 31.1 Å². The molecule has 13 heteroatoms. The van der Waals surface area contributed by atoms with Gasteiger partial charge in [-0.15, -0.1) is 0 Å². The van der Waals surface area contributed by atoms with Crippen LogP contribution in [0.2, 0.25) is 0 Å². The molecule has 3 aliphatic rings. The molecule has 3 N–H and O–H groups in total. The van der Waals surface area contributed by atoms with E-state index in [2.05, 4.69) is 57.1 Å². The van der Waals surface area contributed by atoms with E-state index in [1.165, 1.54) is 48.7 Å². The second-order valence-corrected chi connectivity index (χ2v) is 13.6. The number of nitriles is 1. The highest BCUT2D eigenvalue weighted by Crippen LogP contribution is 2.49. The van der Waals surface area contributed by atoms with Crippen LogP contribution in [0.5, 0.6) is 5.75 Å². The fraction of sp³-hybridized carbons (Fsp3) is 0.394. The Labute approximate surface area is 268 Å². The maximum atomic E-state index is 12.5. The Bertz CT molecular complexity index is 1720. The first-order valence-electron chi connectivity index (χ1n) is 15.1. The monoisotopic (exact) mass is 647 g/mol. The van der Waals surface area contributed by atoms with Crippen molar-refractivity contribution in [2.24, 2.45) is 18.9 Å². The summed E-state index contributed by atoms with van der Waals surface area (Å²) < 4.78 is 35.1. The van der Waals surface area contributed by atoms with E-state index in [1.54, 1.807) is 11.6 Å². The van der Waals surface area contributed by atoms with Crippen molar-refractivity contribution in [2.45, 2.75) is 42.7 Å². The number of likely N-dealkylation sites (tertiary alicyclic amines) is 1. The number of carbonyl (C=O) groups is 2. The lowest BCUT2D eigenvalue weighted by atomic mass is 9.75. The minimum atomic E-state index is -3.72. The number of aliphatic carboxylic acids is 2. The van der Waals surface area contributed by atoms with Gasteiger partial charge >= 0.3 is 11.9 Å². The number of benzene rings is 2. The Morgan fingerprint density at radius 2 is 1.83 bits per heavy atom. The summed E-state index contributed by atoms with van der Waals surface area (Å²) in [5.41, 5.74) is 4.30. The van der Waals surface area contributed by atoms with E-state index in [4.69, 9.17) is 14.9 Å². The Hall–Kier alpha value is -4.51. The molecule has 2 aromatic carbocycles. The number of sulfonamides is 1. The number of rotatable bonds is 11. The number of ether oxygens (including phenoxy) is 1. The minimum absolute atomic E-state index is 0.0270. The van der Waals surface area contributed by atoms with Gasteiger partial charge in [0.15, 0.2) is 5.03 Å². The molecular formula is C33H37N5O7S. The molecule has 2 aliphatic carbocycles. The Morgan fingerprint density at radius 1 is 1.13 bits per heavy atom. The average Bonchev–Trinajstić information content (AvgIpc) is 3.38. The van der Waals surface area contributed by atoms with Crippen molar-refractivity contribution in [1.82, 2.24) is 19.2 Å². The fourth-order valence-corrected chi connectivity index (χ4v) is 7.45. The van der Waals surface area contributed by atoms with Gasteiger partial charge in [0.2, 0.25) is 0 Å². The summed E-state index contributed by atoms with van der Waals surface area (Å²) in [6.45, 7) is 2.59. The van der Waals surface area contributed by atoms with Crippen LogP contribution >= 0.6 is 0 Å². The number of carboxylic acid groups (broad SMARTS) is 2. The molecule has 1 aromatic heterocycles. The highest BCUT2D eigenvalue weighted by molar-refractivity contribution is 7.89. The summed E-state index contributed by atoms with van der Waals surface area (Å²) in [6, 6.07) is 17.4. The van der Waals surface area contributed by atoms with E-state index < -0.39 is 22.0 Å². The average molecular weight is 648 g/mol. The number of aryl methyl sites for hydroxylation is 2. The van der Waals surface area contributed by atoms with Gasteiger partial charge in [-0.3, -0.25) is 4.90 Å². The molecule has 2 heterocycles. The molecule has 1 saturated heterocycles. The lowest BCUT2D eigenvalue weighted by Gasteiger charge is -2.40. The van der Waals surface area contributed by atoms with Gasteiger partial charge < -0.3 is 19.5 Å². The lowest BCUT2D eigenvalue weighted by Crippen LogP contribution is -2.42. The zero-order chi connectivity index (χ0) is 32.8. The van der Waals surface area contributed by atoms with Crippen LogP contribution in [0.1, 0.15) is 41.0 Å². The van der Waals surface area contributed by atoms with Crippen molar-refractivity contribution in [3.05, 3.63) is 89.4 Å². The number of fused-ring (bicyclic) bond motifs is 2. The standard InChI is InChI=1S/C29H33N5O3S.C4H4O4/c1-33-18-29(31-19-33)38(35,36)32-9-10-37-28-14-25-21(12-22(28)15-30)7-8-27(34-16-23-13-24(23)17-34)26(25)11-20-5-3-2-4-6-20;5-3(6)1-2-4(7)8/h2-6,12,14,18-19,23-24,26-27,32H,7-11,13,16-17H2,1H3;1-2H,(H,5,6)(H,7,8). The lowest BCUT2D eigenvalue weighted by molar-refractivity contribution is -0.134. The molecule has 2 fully saturated rings. The van der Waals surface area contributed by atoms with Gasteiger partial charge in [0.25, 0.3) is 10.0 Å². The summed E-state index contributed by atoms with van der Waals surface area (Å²) >= 11 is 0. The second kappa shape index (κ2) is 14.3. The SMILES string of the molecule is Cn1cnc(S(=O)(=O)NCCOc2cc3c(cc2C#N)CCC(N2CC4CC4C2)C3Cc2ccccc2)c1.O=C(O)C=CC(=O)O.